The fraction of sp³-hybridized carbons (Fsp3) is 0.714. The van der Waals surface area contributed by atoms with Crippen LogP contribution in [0, 0.1) is 0 Å². The van der Waals surface area contributed by atoms with Crippen LogP contribution in [0.4, 0.5) is 0 Å². The van der Waals surface area contributed by atoms with E-state index in [0.717, 1.165) is 5.75 Å². The van der Waals surface area contributed by atoms with Crippen LogP contribution in [-0.4, -0.2) is 40.6 Å². The van der Waals surface area contributed by atoms with Crippen molar-refractivity contribution in [2.24, 2.45) is 5.73 Å². The molecule has 1 aliphatic rings. The highest BCUT2D eigenvalue weighted by atomic mass is 32.2. The van der Waals surface area contributed by atoms with Gasteiger partial charge in [-0.25, -0.2) is 4.79 Å². The Morgan fingerprint density at radius 2 is 2.38 bits per heavy atom. The van der Waals surface area contributed by atoms with Crippen LogP contribution < -0.4 is 11.1 Å². The van der Waals surface area contributed by atoms with Crippen LogP contribution in [-0.2, 0) is 9.59 Å². The molecule has 4 N–H and O–H groups in total. The molecule has 0 radical (unpaired) electrons. The summed E-state index contributed by atoms with van der Waals surface area (Å²) in [7, 11) is 0. The molecular weight excluding hydrogens is 192 g/mol. The summed E-state index contributed by atoms with van der Waals surface area (Å²) in [6, 6.07) is -1.38. The number of nitrogens with two attached hydrogens (primary N) is 1. The maximum absolute atomic E-state index is 11.2. The summed E-state index contributed by atoms with van der Waals surface area (Å²) in [5.74, 6) is -0.228. The van der Waals surface area contributed by atoms with Gasteiger partial charge in [0, 0.05) is 5.75 Å². The first kappa shape index (κ1) is 10.3. The summed E-state index contributed by atoms with van der Waals surface area (Å²) in [5.41, 5.74) is 5.49. The van der Waals surface area contributed by atoms with E-state index in [1.165, 1.54) is 11.8 Å². The first-order chi connectivity index (χ1) is 6.11. The minimum atomic E-state index is -1.00. The number of amides is 1. The maximum Gasteiger partial charge on any atom is 0.327 e. The summed E-state index contributed by atoms with van der Waals surface area (Å²) < 4.78 is 0. The van der Waals surface area contributed by atoms with Crippen molar-refractivity contribution < 1.29 is 14.7 Å². The van der Waals surface area contributed by atoms with Crippen molar-refractivity contribution in [3.8, 4) is 0 Å². The third-order valence-electron chi connectivity index (χ3n) is 1.81. The molecule has 6 heteroatoms. The molecular formula is C7H12N2O3S. The van der Waals surface area contributed by atoms with E-state index in [2.05, 4.69) is 5.32 Å². The fourth-order valence-electron chi connectivity index (χ4n) is 0.996. The van der Waals surface area contributed by atoms with E-state index in [4.69, 9.17) is 10.8 Å². The molecule has 0 aromatic rings. The molecule has 1 unspecified atom stereocenters. The van der Waals surface area contributed by atoms with E-state index in [-0.39, 0.29) is 5.91 Å². The second-order valence-corrected chi connectivity index (χ2v) is 4.02. The average Bonchev–Trinajstić information content (AvgIpc) is 2.06. The lowest BCUT2D eigenvalue weighted by Gasteiger charge is -2.20. The first-order valence-corrected chi connectivity index (χ1v) is 5.13. The number of carboxylic acids is 1. The van der Waals surface area contributed by atoms with Crippen molar-refractivity contribution in [3.05, 3.63) is 0 Å². The molecule has 1 heterocycles. The minimum Gasteiger partial charge on any atom is -0.480 e. The molecule has 5 nitrogen and oxygen atoms in total. The molecule has 1 saturated heterocycles. The molecule has 74 valence electrons. The quantitative estimate of drug-likeness (QED) is 0.510. The predicted octanol–water partition coefficient (Wildman–Crippen LogP) is -0.980. The predicted molar refractivity (Wildman–Crippen MR) is 49.5 cm³/mol. The largest absolute Gasteiger partial charge is 0.480 e. The second-order valence-electron chi connectivity index (χ2n) is 2.87. The number of thioether (sulfide) groups is 1. The van der Waals surface area contributed by atoms with Gasteiger partial charge in [0.25, 0.3) is 0 Å². The van der Waals surface area contributed by atoms with Crippen molar-refractivity contribution in [1.29, 1.82) is 0 Å². The van der Waals surface area contributed by atoms with Gasteiger partial charge in [0.05, 0.1) is 6.04 Å². The number of rotatable bonds is 1. The average molecular weight is 204 g/mol. The highest BCUT2D eigenvalue weighted by Gasteiger charge is 2.25. The molecule has 1 fully saturated rings. The standard InChI is InChI=1S/C7H12N2O3S/c8-4-1-2-13-3-5(7(11)12)9-6(4)10/h4-5H,1-3,8H2,(H,9,10)(H,11,12)/t4?,5-/m0/s1. The van der Waals surface area contributed by atoms with E-state index < -0.39 is 18.1 Å². The zero-order valence-electron chi connectivity index (χ0n) is 7.03. The lowest BCUT2D eigenvalue weighted by atomic mass is 10.2. The van der Waals surface area contributed by atoms with Crippen LogP contribution in [0.25, 0.3) is 0 Å². The monoisotopic (exact) mass is 204 g/mol. The van der Waals surface area contributed by atoms with Gasteiger partial charge >= 0.3 is 5.97 Å². The number of aliphatic carboxylic acids is 1. The van der Waals surface area contributed by atoms with E-state index in [9.17, 15) is 9.59 Å². The molecule has 0 spiro atoms. The lowest BCUT2D eigenvalue weighted by molar-refractivity contribution is -0.141. The number of carbonyl (C=O) groups is 2. The Morgan fingerprint density at radius 3 is 3.00 bits per heavy atom. The summed E-state index contributed by atoms with van der Waals surface area (Å²) in [4.78, 5) is 21.8. The van der Waals surface area contributed by atoms with Gasteiger partial charge in [0.1, 0.15) is 6.04 Å². The Hall–Kier alpha value is -0.750. The highest BCUT2D eigenvalue weighted by Crippen LogP contribution is 2.10. The first-order valence-electron chi connectivity index (χ1n) is 3.98. The summed E-state index contributed by atoms with van der Waals surface area (Å²) >= 11 is 1.50. The Kier molecular flexibility index (Phi) is 3.56. The third-order valence-corrected chi connectivity index (χ3v) is 2.90. The second kappa shape index (κ2) is 4.48. The number of hydrogen-bond acceptors (Lipinski definition) is 4. The Bertz CT molecular complexity index is 222. The number of carbonyl (C=O) groups excluding carboxylic acids is 1. The smallest absolute Gasteiger partial charge is 0.327 e. The lowest BCUT2D eigenvalue weighted by Crippen LogP contribution is -2.50. The molecule has 1 rings (SSSR count). The van der Waals surface area contributed by atoms with Gasteiger partial charge in [0.15, 0.2) is 0 Å². The molecule has 1 amide bonds. The van der Waals surface area contributed by atoms with Crippen molar-refractivity contribution in [2.45, 2.75) is 18.5 Å². The summed E-state index contributed by atoms with van der Waals surface area (Å²) in [6.45, 7) is 0. The van der Waals surface area contributed by atoms with Crippen LogP contribution in [0.15, 0.2) is 0 Å². The topological polar surface area (TPSA) is 92.4 Å². The van der Waals surface area contributed by atoms with Gasteiger partial charge in [-0.1, -0.05) is 0 Å². The molecule has 0 aromatic heterocycles. The summed E-state index contributed by atoms with van der Waals surface area (Å²) in [5, 5.41) is 11.1. The van der Waals surface area contributed by atoms with Gasteiger partial charge in [-0.3, -0.25) is 4.79 Å². The summed E-state index contributed by atoms with van der Waals surface area (Å²) in [6.07, 6.45) is 0.600. The zero-order valence-corrected chi connectivity index (χ0v) is 7.84. The number of nitrogens with one attached hydrogen (secondary N) is 1. The third kappa shape index (κ3) is 2.89. The Labute approximate surface area is 80.1 Å². The van der Waals surface area contributed by atoms with Gasteiger partial charge in [0.2, 0.25) is 5.91 Å². The van der Waals surface area contributed by atoms with Crippen molar-refractivity contribution in [2.75, 3.05) is 11.5 Å². The SMILES string of the molecule is NC1CCSC[C@@H](C(=O)O)NC1=O. The van der Waals surface area contributed by atoms with Gasteiger partial charge < -0.3 is 16.2 Å². The zero-order chi connectivity index (χ0) is 9.84. The van der Waals surface area contributed by atoms with Gasteiger partial charge in [-0.15, -0.1) is 0 Å². The van der Waals surface area contributed by atoms with E-state index >= 15 is 0 Å². The Morgan fingerprint density at radius 1 is 1.69 bits per heavy atom. The molecule has 0 bridgehead atoms. The van der Waals surface area contributed by atoms with Gasteiger partial charge in [-0.05, 0) is 12.2 Å². The Balaban J connectivity index is 2.58. The van der Waals surface area contributed by atoms with Crippen LogP contribution in [0.3, 0.4) is 0 Å². The highest BCUT2D eigenvalue weighted by molar-refractivity contribution is 7.99. The van der Waals surface area contributed by atoms with E-state index in [1.807, 2.05) is 0 Å². The fourth-order valence-corrected chi connectivity index (χ4v) is 2.04. The number of hydrogen-bond donors (Lipinski definition) is 3. The number of carboxylic acid groups (broad SMARTS) is 1. The molecule has 0 aromatic carbocycles. The molecule has 13 heavy (non-hydrogen) atoms. The molecule has 0 aliphatic carbocycles. The van der Waals surface area contributed by atoms with Crippen LogP contribution in [0.5, 0.6) is 0 Å². The van der Waals surface area contributed by atoms with Crippen LogP contribution in [0.1, 0.15) is 6.42 Å². The molecule has 0 saturated carbocycles. The van der Waals surface area contributed by atoms with Crippen molar-refractivity contribution >= 4 is 23.6 Å². The minimum absolute atomic E-state index is 0.368. The molecule has 2 atom stereocenters. The van der Waals surface area contributed by atoms with E-state index in [1.54, 1.807) is 0 Å². The van der Waals surface area contributed by atoms with Crippen molar-refractivity contribution in [3.63, 3.8) is 0 Å². The maximum atomic E-state index is 11.2. The van der Waals surface area contributed by atoms with Crippen molar-refractivity contribution in [1.82, 2.24) is 5.32 Å². The molecule has 1 aliphatic heterocycles. The van der Waals surface area contributed by atoms with Crippen LogP contribution in [0.2, 0.25) is 0 Å². The van der Waals surface area contributed by atoms with Gasteiger partial charge in [-0.2, -0.15) is 11.8 Å². The van der Waals surface area contributed by atoms with E-state index in [0.29, 0.717) is 12.2 Å². The normalized spacial score (nSPS) is 30.1. The van der Waals surface area contributed by atoms with Crippen LogP contribution >= 0.6 is 11.8 Å².